The van der Waals surface area contributed by atoms with Crippen LogP contribution in [0.15, 0.2) is 29.6 Å². The number of benzene rings is 1. The van der Waals surface area contributed by atoms with Gasteiger partial charge >= 0.3 is 5.97 Å². The lowest BCUT2D eigenvalue weighted by Crippen LogP contribution is -2.41. The first-order valence-corrected chi connectivity index (χ1v) is 10.3. The van der Waals surface area contributed by atoms with Crippen molar-refractivity contribution in [2.24, 2.45) is 11.8 Å². The van der Waals surface area contributed by atoms with E-state index >= 15 is 0 Å². The Morgan fingerprint density at radius 1 is 1.18 bits per heavy atom. The maximum Gasteiger partial charge on any atom is 0.307 e. The first-order chi connectivity index (χ1) is 13.5. The van der Waals surface area contributed by atoms with Crippen molar-refractivity contribution in [1.29, 1.82) is 0 Å². The molecule has 1 aromatic heterocycles. The molecule has 0 bridgehead atoms. The second-order valence-corrected chi connectivity index (χ2v) is 8.44. The van der Waals surface area contributed by atoms with E-state index in [1.807, 2.05) is 11.8 Å². The zero-order chi connectivity index (χ0) is 19.8. The number of fused-ring (bicyclic) bond motifs is 1. The number of nitrogens with zero attached hydrogens (tertiary/aromatic N) is 1. The number of thiophene rings is 1. The minimum atomic E-state index is -0.926. The van der Waals surface area contributed by atoms with Crippen LogP contribution in [-0.4, -0.2) is 34.3 Å². The molecular formula is C21H22N2O4S. The van der Waals surface area contributed by atoms with Crippen LogP contribution >= 0.6 is 11.3 Å². The van der Waals surface area contributed by atoms with Crippen LogP contribution in [0.5, 0.6) is 0 Å². The fourth-order valence-electron chi connectivity index (χ4n) is 3.93. The van der Waals surface area contributed by atoms with Gasteiger partial charge in [0.1, 0.15) is 0 Å². The summed E-state index contributed by atoms with van der Waals surface area (Å²) in [5, 5.41) is 14.1. The molecular weight excluding hydrogens is 376 g/mol. The van der Waals surface area contributed by atoms with Crippen LogP contribution in [0.25, 0.3) is 0 Å². The maximum absolute atomic E-state index is 13.1. The molecule has 4 rings (SSSR count). The van der Waals surface area contributed by atoms with Crippen LogP contribution in [0, 0.1) is 18.8 Å². The Hall–Kier alpha value is -2.67. The molecule has 1 aliphatic heterocycles. The summed E-state index contributed by atoms with van der Waals surface area (Å²) in [5.74, 6) is -2.37. The number of hydrogen-bond acceptors (Lipinski definition) is 4. The minimum absolute atomic E-state index is 0.0440. The summed E-state index contributed by atoms with van der Waals surface area (Å²) in [6.45, 7) is 3.11. The standard InChI is InChI=1S/C21H22N2O4S/c1-12-14(20(25)23-9-7-18-13(11-23)8-10-28-18)3-2-4-17(12)22-19(24)15-5-6-16(15)21(26)27/h2-4,8,10,15-16H,5-7,9,11H2,1H3,(H,22,24)(H,26,27). The van der Waals surface area contributed by atoms with Crippen molar-refractivity contribution in [2.45, 2.75) is 32.7 Å². The van der Waals surface area contributed by atoms with E-state index in [1.165, 1.54) is 10.4 Å². The van der Waals surface area contributed by atoms with Gasteiger partial charge in [-0.15, -0.1) is 11.3 Å². The Morgan fingerprint density at radius 3 is 2.68 bits per heavy atom. The van der Waals surface area contributed by atoms with E-state index in [1.54, 1.807) is 29.5 Å². The summed E-state index contributed by atoms with van der Waals surface area (Å²) < 4.78 is 0. The first kappa shape index (κ1) is 18.7. The number of amides is 2. The lowest BCUT2D eigenvalue weighted by atomic mass is 9.73. The van der Waals surface area contributed by atoms with Crippen molar-refractivity contribution >= 4 is 34.8 Å². The zero-order valence-corrected chi connectivity index (χ0v) is 16.4. The summed E-state index contributed by atoms with van der Waals surface area (Å²) in [6, 6.07) is 7.36. The van der Waals surface area contributed by atoms with E-state index in [9.17, 15) is 14.4 Å². The van der Waals surface area contributed by atoms with E-state index in [2.05, 4.69) is 16.8 Å². The molecule has 2 aliphatic rings. The topological polar surface area (TPSA) is 86.7 Å². The lowest BCUT2D eigenvalue weighted by molar-refractivity contribution is -0.151. The number of anilines is 1. The molecule has 0 radical (unpaired) electrons. The summed E-state index contributed by atoms with van der Waals surface area (Å²) in [6.07, 6.45) is 1.98. The van der Waals surface area contributed by atoms with E-state index in [0.717, 1.165) is 6.42 Å². The SMILES string of the molecule is Cc1c(NC(=O)C2CCC2C(=O)O)cccc1C(=O)N1CCc2sccc2C1. The fourth-order valence-corrected chi connectivity index (χ4v) is 4.82. The molecule has 1 fully saturated rings. The van der Waals surface area contributed by atoms with E-state index in [0.29, 0.717) is 42.7 Å². The Balaban J connectivity index is 1.50. The monoisotopic (exact) mass is 398 g/mol. The number of aliphatic carboxylic acids is 1. The third kappa shape index (κ3) is 3.30. The van der Waals surface area contributed by atoms with Crippen LogP contribution in [0.4, 0.5) is 5.69 Å². The normalized spacial score (nSPS) is 20.8. The molecule has 2 atom stereocenters. The molecule has 2 aromatic rings. The molecule has 0 saturated heterocycles. The second-order valence-electron chi connectivity index (χ2n) is 7.44. The van der Waals surface area contributed by atoms with Gasteiger partial charge in [-0.05, 0) is 60.9 Å². The third-order valence-electron chi connectivity index (χ3n) is 5.85. The Kier molecular flexibility index (Phi) is 4.93. The van der Waals surface area contributed by atoms with Gasteiger partial charge in [-0.1, -0.05) is 6.07 Å². The molecule has 1 aliphatic carbocycles. The van der Waals surface area contributed by atoms with Crippen LogP contribution in [0.2, 0.25) is 0 Å². The highest BCUT2D eigenvalue weighted by Crippen LogP contribution is 2.36. The van der Waals surface area contributed by atoms with Gasteiger partial charge in [-0.2, -0.15) is 0 Å². The minimum Gasteiger partial charge on any atom is -0.481 e. The van der Waals surface area contributed by atoms with Gasteiger partial charge in [0.2, 0.25) is 5.91 Å². The van der Waals surface area contributed by atoms with E-state index < -0.39 is 17.8 Å². The Morgan fingerprint density at radius 2 is 1.96 bits per heavy atom. The molecule has 6 nitrogen and oxygen atoms in total. The molecule has 2 amide bonds. The summed E-state index contributed by atoms with van der Waals surface area (Å²) in [7, 11) is 0. The summed E-state index contributed by atoms with van der Waals surface area (Å²) in [5.41, 5.74) is 3.06. The molecule has 2 N–H and O–H groups in total. The lowest BCUT2D eigenvalue weighted by Gasteiger charge is -2.32. The van der Waals surface area contributed by atoms with Crippen LogP contribution < -0.4 is 5.32 Å². The average molecular weight is 398 g/mol. The number of carbonyl (C=O) groups is 3. The van der Waals surface area contributed by atoms with Gasteiger partial charge in [-0.25, -0.2) is 0 Å². The van der Waals surface area contributed by atoms with Gasteiger partial charge in [0, 0.05) is 29.2 Å². The predicted molar refractivity (Wildman–Crippen MR) is 106 cm³/mol. The van der Waals surface area contributed by atoms with Crippen LogP contribution in [-0.2, 0) is 22.6 Å². The number of hydrogen-bond donors (Lipinski definition) is 2. The molecule has 2 unspecified atom stereocenters. The number of rotatable bonds is 4. The molecule has 146 valence electrons. The van der Waals surface area contributed by atoms with Crippen molar-refractivity contribution in [3.8, 4) is 0 Å². The maximum atomic E-state index is 13.1. The predicted octanol–water partition coefficient (Wildman–Crippen LogP) is 3.30. The second kappa shape index (κ2) is 7.39. The van der Waals surface area contributed by atoms with Gasteiger partial charge in [0.15, 0.2) is 0 Å². The number of carboxylic acids is 1. The number of carboxylic acid groups (broad SMARTS) is 1. The van der Waals surface area contributed by atoms with Crippen molar-refractivity contribution < 1.29 is 19.5 Å². The smallest absolute Gasteiger partial charge is 0.307 e. The number of nitrogens with one attached hydrogen (secondary N) is 1. The quantitative estimate of drug-likeness (QED) is 0.827. The van der Waals surface area contributed by atoms with Crippen molar-refractivity contribution in [3.05, 3.63) is 51.2 Å². The number of carbonyl (C=O) groups excluding carboxylic acids is 2. The zero-order valence-electron chi connectivity index (χ0n) is 15.6. The molecule has 28 heavy (non-hydrogen) atoms. The van der Waals surface area contributed by atoms with Gasteiger partial charge < -0.3 is 15.3 Å². The highest BCUT2D eigenvalue weighted by atomic mass is 32.1. The van der Waals surface area contributed by atoms with Gasteiger partial charge in [0.25, 0.3) is 5.91 Å². The van der Waals surface area contributed by atoms with Crippen LogP contribution in [0.3, 0.4) is 0 Å². The largest absolute Gasteiger partial charge is 0.481 e. The van der Waals surface area contributed by atoms with E-state index in [-0.39, 0.29) is 11.8 Å². The summed E-state index contributed by atoms with van der Waals surface area (Å²) >= 11 is 1.73. The van der Waals surface area contributed by atoms with Gasteiger partial charge in [0.05, 0.1) is 11.8 Å². The fraction of sp³-hybridized carbons (Fsp3) is 0.381. The third-order valence-corrected chi connectivity index (χ3v) is 6.87. The van der Waals surface area contributed by atoms with Crippen molar-refractivity contribution in [2.75, 3.05) is 11.9 Å². The molecule has 1 aromatic carbocycles. The average Bonchev–Trinajstić information content (AvgIpc) is 3.09. The van der Waals surface area contributed by atoms with Gasteiger partial charge in [-0.3, -0.25) is 14.4 Å². The molecule has 7 heteroatoms. The molecule has 2 heterocycles. The van der Waals surface area contributed by atoms with Crippen molar-refractivity contribution in [1.82, 2.24) is 4.90 Å². The van der Waals surface area contributed by atoms with Crippen LogP contribution in [0.1, 0.15) is 39.2 Å². The first-order valence-electron chi connectivity index (χ1n) is 9.43. The molecule has 0 spiro atoms. The summed E-state index contributed by atoms with van der Waals surface area (Å²) in [4.78, 5) is 39.9. The highest BCUT2D eigenvalue weighted by Gasteiger charge is 2.41. The molecule has 1 saturated carbocycles. The highest BCUT2D eigenvalue weighted by molar-refractivity contribution is 7.10. The Bertz CT molecular complexity index is 952. The Labute approximate surface area is 167 Å². The van der Waals surface area contributed by atoms with E-state index in [4.69, 9.17) is 5.11 Å². The van der Waals surface area contributed by atoms with Crippen molar-refractivity contribution in [3.63, 3.8) is 0 Å².